The van der Waals surface area contributed by atoms with Gasteiger partial charge in [0.1, 0.15) is 27.8 Å². The van der Waals surface area contributed by atoms with Crippen molar-refractivity contribution in [3.05, 3.63) is 61.6 Å². The average Bonchev–Trinajstić information content (AvgIpc) is 3.15. The Balaban J connectivity index is 1.75. The lowest BCUT2D eigenvalue weighted by atomic mass is 10.2. The van der Waals surface area contributed by atoms with Crippen LogP contribution in [0.25, 0.3) is 0 Å². The van der Waals surface area contributed by atoms with Crippen molar-refractivity contribution < 1.29 is 9.59 Å². The summed E-state index contributed by atoms with van der Waals surface area (Å²) < 4.78 is 0. The third-order valence-corrected chi connectivity index (χ3v) is 6.95. The molecule has 0 radical (unpaired) electrons. The Bertz CT molecular complexity index is 1140. The van der Waals surface area contributed by atoms with Crippen LogP contribution in [0.4, 0.5) is 10.0 Å². The van der Waals surface area contributed by atoms with Gasteiger partial charge in [0.25, 0.3) is 11.8 Å². The summed E-state index contributed by atoms with van der Waals surface area (Å²) in [5, 5.41) is 25.0. The number of nitriles is 2. The molecule has 30 heavy (non-hydrogen) atoms. The fourth-order valence-corrected chi connectivity index (χ4v) is 4.72. The molecule has 7 nitrogen and oxygen atoms in total. The van der Waals surface area contributed by atoms with Gasteiger partial charge in [0.2, 0.25) is 0 Å². The third-order valence-electron chi connectivity index (χ3n) is 4.71. The van der Waals surface area contributed by atoms with Crippen LogP contribution >= 0.6 is 22.7 Å². The number of amides is 2. The lowest BCUT2D eigenvalue weighted by molar-refractivity contribution is 0.101. The molecule has 0 aliphatic heterocycles. The molecule has 2 amide bonds. The smallest absolute Gasteiger partial charge is 0.274 e. The molecule has 0 bridgehead atoms. The number of nitrogens with zero attached hydrogens (tertiary/aromatic N) is 3. The lowest BCUT2D eigenvalue weighted by Gasteiger charge is -2.05. The third kappa shape index (κ3) is 3.94. The van der Waals surface area contributed by atoms with Gasteiger partial charge in [0.05, 0.1) is 16.7 Å². The molecule has 9 heteroatoms. The minimum Gasteiger partial charge on any atom is -0.312 e. The van der Waals surface area contributed by atoms with Gasteiger partial charge in [0.15, 0.2) is 0 Å². The van der Waals surface area contributed by atoms with Crippen LogP contribution in [0.15, 0.2) is 18.3 Å². The first-order chi connectivity index (χ1) is 14.3. The van der Waals surface area contributed by atoms with Crippen LogP contribution < -0.4 is 10.6 Å². The number of hydrogen-bond donors (Lipinski definition) is 2. The van der Waals surface area contributed by atoms with Gasteiger partial charge in [-0.25, -0.2) is 0 Å². The first-order valence-electron chi connectivity index (χ1n) is 8.85. The van der Waals surface area contributed by atoms with E-state index in [-0.39, 0.29) is 11.3 Å². The fourth-order valence-electron chi connectivity index (χ4n) is 2.70. The van der Waals surface area contributed by atoms with Crippen LogP contribution in [0.3, 0.4) is 0 Å². The monoisotopic (exact) mass is 435 g/mol. The summed E-state index contributed by atoms with van der Waals surface area (Å²) >= 11 is 2.67. The zero-order valence-corrected chi connectivity index (χ0v) is 18.3. The molecule has 3 aromatic heterocycles. The maximum absolute atomic E-state index is 12.5. The van der Waals surface area contributed by atoms with Gasteiger partial charge in [-0.15, -0.1) is 22.7 Å². The summed E-state index contributed by atoms with van der Waals surface area (Å²) in [5.74, 6) is -0.875. The van der Waals surface area contributed by atoms with E-state index in [0.717, 1.165) is 20.9 Å². The Morgan fingerprint density at radius 2 is 1.37 bits per heavy atom. The number of thiophene rings is 2. The first-order valence-corrected chi connectivity index (χ1v) is 10.5. The van der Waals surface area contributed by atoms with Crippen LogP contribution in [0, 0.1) is 50.4 Å². The average molecular weight is 436 g/mol. The zero-order chi connectivity index (χ0) is 22.0. The van der Waals surface area contributed by atoms with E-state index < -0.39 is 11.8 Å². The highest BCUT2D eigenvalue weighted by Gasteiger charge is 2.18. The summed E-state index contributed by atoms with van der Waals surface area (Å²) in [6, 6.07) is 7.15. The van der Waals surface area contributed by atoms with E-state index in [2.05, 4.69) is 27.8 Å². The van der Waals surface area contributed by atoms with Crippen molar-refractivity contribution in [3.8, 4) is 12.1 Å². The minimum atomic E-state index is -0.462. The van der Waals surface area contributed by atoms with Crippen molar-refractivity contribution in [1.82, 2.24) is 4.98 Å². The molecular formula is C21H17N5O2S2. The number of rotatable bonds is 4. The number of anilines is 2. The van der Waals surface area contributed by atoms with Crippen LogP contribution in [0.2, 0.25) is 0 Å². The standard InChI is InChI=1S/C21H17N5O2S2/c1-10-12(3)29-20(15(10)7-22)25-18(27)14-5-6-17(24-9-14)19(28)26-21-16(8-23)11(2)13(4)30-21/h5-6,9H,1-4H3,(H,25,27)(H,26,28). The molecule has 0 saturated heterocycles. The molecule has 0 fully saturated rings. The van der Waals surface area contributed by atoms with E-state index in [9.17, 15) is 20.1 Å². The molecule has 0 aliphatic rings. The molecular weight excluding hydrogens is 418 g/mol. The fraction of sp³-hybridized carbons (Fsp3) is 0.190. The van der Waals surface area contributed by atoms with Crippen molar-refractivity contribution in [2.24, 2.45) is 0 Å². The van der Waals surface area contributed by atoms with Crippen LogP contribution in [-0.4, -0.2) is 16.8 Å². The van der Waals surface area contributed by atoms with Gasteiger partial charge >= 0.3 is 0 Å². The number of hydrogen-bond acceptors (Lipinski definition) is 7. The van der Waals surface area contributed by atoms with Crippen molar-refractivity contribution in [2.75, 3.05) is 10.6 Å². The predicted octanol–water partition coefficient (Wildman–Crippen LogP) is 4.69. The molecule has 3 aromatic rings. The van der Waals surface area contributed by atoms with Crippen molar-refractivity contribution >= 4 is 44.5 Å². The first kappa shape index (κ1) is 21.2. The Morgan fingerprint density at radius 3 is 1.80 bits per heavy atom. The van der Waals surface area contributed by atoms with Gasteiger partial charge in [-0.05, 0) is 51.0 Å². The van der Waals surface area contributed by atoms with Gasteiger partial charge in [-0.1, -0.05) is 0 Å². The molecule has 0 unspecified atom stereocenters. The number of pyridine rings is 1. The van der Waals surface area contributed by atoms with Gasteiger partial charge in [-0.3, -0.25) is 14.6 Å². The second-order valence-corrected chi connectivity index (χ2v) is 8.99. The highest BCUT2D eigenvalue weighted by Crippen LogP contribution is 2.33. The van der Waals surface area contributed by atoms with E-state index in [1.165, 1.54) is 41.0 Å². The normalized spacial score (nSPS) is 10.2. The van der Waals surface area contributed by atoms with Gasteiger partial charge < -0.3 is 10.6 Å². The van der Waals surface area contributed by atoms with E-state index in [1.807, 2.05) is 27.7 Å². The molecule has 0 aliphatic carbocycles. The SMILES string of the molecule is Cc1sc(NC(=O)c2ccc(C(=O)Nc3sc(C)c(C)c3C#N)nc2)c(C#N)c1C. The Morgan fingerprint density at radius 1 is 0.867 bits per heavy atom. The van der Waals surface area contributed by atoms with Gasteiger partial charge in [0, 0.05) is 16.0 Å². The topological polar surface area (TPSA) is 119 Å². The number of aromatic nitrogens is 1. The molecule has 150 valence electrons. The Labute approximate surface area is 181 Å². The summed E-state index contributed by atoms with van der Waals surface area (Å²) in [7, 11) is 0. The predicted molar refractivity (Wildman–Crippen MR) is 117 cm³/mol. The zero-order valence-electron chi connectivity index (χ0n) is 16.7. The summed E-state index contributed by atoms with van der Waals surface area (Å²) in [5.41, 5.74) is 2.97. The van der Waals surface area contributed by atoms with Crippen LogP contribution in [0.5, 0.6) is 0 Å². The highest BCUT2D eigenvalue weighted by molar-refractivity contribution is 7.17. The second kappa shape index (κ2) is 8.46. The van der Waals surface area contributed by atoms with Crippen LogP contribution in [-0.2, 0) is 0 Å². The highest BCUT2D eigenvalue weighted by atomic mass is 32.1. The van der Waals surface area contributed by atoms with E-state index >= 15 is 0 Å². The van der Waals surface area contributed by atoms with Crippen LogP contribution in [0.1, 0.15) is 52.9 Å². The quantitative estimate of drug-likeness (QED) is 0.616. The summed E-state index contributed by atoms with van der Waals surface area (Å²) in [6.07, 6.45) is 1.31. The number of nitrogens with one attached hydrogen (secondary N) is 2. The minimum absolute atomic E-state index is 0.125. The second-order valence-electron chi connectivity index (χ2n) is 6.54. The van der Waals surface area contributed by atoms with Crippen molar-refractivity contribution in [3.63, 3.8) is 0 Å². The molecule has 0 spiro atoms. The Hall–Kier alpha value is -3.53. The van der Waals surface area contributed by atoms with E-state index in [0.29, 0.717) is 21.1 Å². The lowest BCUT2D eigenvalue weighted by Crippen LogP contribution is -2.16. The molecule has 0 atom stereocenters. The summed E-state index contributed by atoms with van der Waals surface area (Å²) in [6.45, 7) is 7.44. The number of aryl methyl sites for hydroxylation is 2. The maximum Gasteiger partial charge on any atom is 0.274 e. The van der Waals surface area contributed by atoms with E-state index in [1.54, 1.807) is 0 Å². The molecule has 3 rings (SSSR count). The summed E-state index contributed by atoms with van der Waals surface area (Å²) in [4.78, 5) is 31.0. The largest absolute Gasteiger partial charge is 0.312 e. The molecule has 0 saturated carbocycles. The Kier molecular flexibility index (Phi) is 5.97. The van der Waals surface area contributed by atoms with E-state index in [4.69, 9.17) is 0 Å². The van der Waals surface area contributed by atoms with Gasteiger partial charge in [-0.2, -0.15) is 10.5 Å². The molecule has 0 aromatic carbocycles. The molecule has 2 N–H and O–H groups in total. The molecule has 3 heterocycles. The van der Waals surface area contributed by atoms with Crippen molar-refractivity contribution in [2.45, 2.75) is 27.7 Å². The van der Waals surface area contributed by atoms with Crippen molar-refractivity contribution in [1.29, 1.82) is 10.5 Å². The number of carbonyl (C=O) groups is 2. The number of carbonyl (C=O) groups excluding carboxylic acids is 2. The maximum atomic E-state index is 12.5.